The minimum Gasteiger partial charge on any atom is -0.311 e. The van der Waals surface area contributed by atoms with Crippen LogP contribution >= 0.6 is 23.1 Å². The van der Waals surface area contributed by atoms with E-state index in [2.05, 4.69) is 23.2 Å². The van der Waals surface area contributed by atoms with E-state index in [0.717, 1.165) is 64.9 Å². The highest BCUT2D eigenvalue weighted by atomic mass is 32.2. The normalized spacial score (nSPS) is 18.4. The Kier molecular flexibility index (Phi) is 4.72. The second kappa shape index (κ2) is 7.60. The van der Waals surface area contributed by atoms with E-state index in [1.165, 1.54) is 34.2 Å². The fraction of sp³-hybridized carbons (Fsp3) is 0.391. The number of amides is 1. The van der Waals surface area contributed by atoms with Crippen molar-refractivity contribution in [3.8, 4) is 0 Å². The highest BCUT2D eigenvalue weighted by Crippen LogP contribution is 2.39. The number of thiophene rings is 1. The molecule has 4 heterocycles. The van der Waals surface area contributed by atoms with Gasteiger partial charge in [-0.25, -0.2) is 4.98 Å². The molecule has 1 aliphatic carbocycles. The van der Waals surface area contributed by atoms with E-state index >= 15 is 0 Å². The van der Waals surface area contributed by atoms with E-state index in [4.69, 9.17) is 4.98 Å². The molecule has 0 radical (unpaired) electrons. The summed E-state index contributed by atoms with van der Waals surface area (Å²) in [5, 5.41) is 10.8. The van der Waals surface area contributed by atoms with Gasteiger partial charge < -0.3 is 4.90 Å². The first kappa shape index (κ1) is 19.3. The number of carbonyl (C=O) groups is 1. The summed E-state index contributed by atoms with van der Waals surface area (Å²) in [4.78, 5) is 22.2. The first-order chi connectivity index (χ1) is 15.2. The van der Waals surface area contributed by atoms with Gasteiger partial charge in [0.05, 0.1) is 11.1 Å². The quantitative estimate of drug-likeness (QED) is 0.430. The molecule has 1 aromatic carbocycles. The molecule has 3 aromatic heterocycles. The number of fused-ring (bicyclic) bond motifs is 6. The van der Waals surface area contributed by atoms with Crippen LogP contribution in [0.25, 0.3) is 15.9 Å². The van der Waals surface area contributed by atoms with E-state index < -0.39 is 0 Å². The first-order valence-electron chi connectivity index (χ1n) is 10.8. The summed E-state index contributed by atoms with van der Waals surface area (Å²) in [6.45, 7) is 3.10. The van der Waals surface area contributed by atoms with Crippen molar-refractivity contribution in [3.05, 3.63) is 46.6 Å². The van der Waals surface area contributed by atoms with Crippen LogP contribution in [0.2, 0.25) is 0 Å². The van der Waals surface area contributed by atoms with Crippen molar-refractivity contribution in [3.63, 3.8) is 0 Å². The molecule has 0 spiro atoms. The minimum absolute atomic E-state index is 0.116. The van der Waals surface area contributed by atoms with Crippen LogP contribution in [0.4, 0.5) is 5.69 Å². The number of hydrogen-bond acceptors (Lipinski definition) is 6. The van der Waals surface area contributed by atoms with Gasteiger partial charge >= 0.3 is 0 Å². The maximum absolute atomic E-state index is 13.0. The van der Waals surface area contributed by atoms with Crippen LogP contribution < -0.4 is 4.90 Å². The highest BCUT2D eigenvalue weighted by molar-refractivity contribution is 7.99. The van der Waals surface area contributed by atoms with Gasteiger partial charge in [0.2, 0.25) is 5.91 Å². The van der Waals surface area contributed by atoms with Gasteiger partial charge in [-0.3, -0.25) is 9.20 Å². The topological polar surface area (TPSA) is 63.4 Å². The van der Waals surface area contributed by atoms with E-state index in [0.29, 0.717) is 5.75 Å². The van der Waals surface area contributed by atoms with Gasteiger partial charge in [0, 0.05) is 17.1 Å². The molecular weight excluding hydrogens is 426 g/mol. The number of thioether (sulfide) groups is 1. The average Bonchev–Trinajstić information content (AvgIpc) is 3.37. The zero-order valence-corrected chi connectivity index (χ0v) is 19.0. The SMILES string of the molecule is CC1CCc2c(sc3ncn4c(SCC(=O)N5CCCc6ccccc65)nnc4c23)C1. The summed E-state index contributed by atoms with van der Waals surface area (Å²) >= 11 is 3.24. The van der Waals surface area contributed by atoms with Crippen molar-refractivity contribution in [2.45, 2.75) is 44.2 Å². The van der Waals surface area contributed by atoms with Crippen LogP contribution in [0, 0.1) is 5.92 Å². The Labute approximate surface area is 188 Å². The van der Waals surface area contributed by atoms with Gasteiger partial charge in [0.15, 0.2) is 10.8 Å². The zero-order valence-electron chi connectivity index (χ0n) is 17.4. The summed E-state index contributed by atoms with van der Waals surface area (Å²) in [6, 6.07) is 8.21. The number of anilines is 1. The largest absolute Gasteiger partial charge is 0.311 e. The molecule has 31 heavy (non-hydrogen) atoms. The highest BCUT2D eigenvalue weighted by Gasteiger charge is 2.25. The lowest BCUT2D eigenvalue weighted by molar-refractivity contribution is -0.116. The van der Waals surface area contributed by atoms with Gasteiger partial charge in [-0.2, -0.15) is 0 Å². The Morgan fingerprint density at radius 3 is 3.10 bits per heavy atom. The third-order valence-electron chi connectivity index (χ3n) is 6.41. The van der Waals surface area contributed by atoms with Crippen LogP contribution in [0.15, 0.2) is 35.7 Å². The van der Waals surface area contributed by atoms with Crippen molar-refractivity contribution in [1.29, 1.82) is 0 Å². The Hall–Kier alpha value is -2.45. The summed E-state index contributed by atoms with van der Waals surface area (Å²) < 4.78 is 1.95. The van der Waals surface area contributed by atoms with Crippen LogP contribution in [-0.4, -0.2) is 37.8 Å². The second-order valence-electron chi connectivity index (χ2n) is 8.52. The molecule has 2 aliphatic rings. The molecule has 158 valence electrons. The molecule has 1 amide bonds. The number of aryl methyl sites for hydroxylation is 2. The van der Waals surface area contributed by atoms with Crippen LogP contribution in [0.3, 0.4) is 0 Å². The molecule has 0 fully saturated rings. The van der Waals surface area contributed by atoms with Crippen molar-refractivity contribution >= 4 is 50.6 Å². The fourth-order valence-electron chi connectivity index (χ4n) is 4.81. The molecule has 0 bridgehead atoms. The van der Waals surface area contributed by atoms with E-state index in [1.54, 1.807) is 11.3 Å². The van der Waals surface area contributed by atoms with Gasteiger partial charge in [-0.15, -0.1) is 21.5 Å². The molecule has 6 nitrogen and oxygen atoms in total. The number of benzene rings is 1. The summed E-state index contributed by atoms with van der Waals surface area (Å²) in [6.07, 6.45) is 7.27. The lowest BCUT2D eigenvalue weighted by Gasteiger charge is -2.29. The van der Waals surface area contributed by atoms with Crippen LogP contribution in [-0.2, 0) is 24.1 Å². The third kappa shape index (κ3) is 3.24. The van der Waals surface area contributed by atoms with Gasteiger partial charge in [-0.05, 0) is 55.2 Å². The standard InChI is InChI=1S/C23H23N5OS2/c1-14-8-9-16-18(11-14)31-22-20(16)21-25-26-23(28(21)13-24-22)30-12-19(29)27-10-4-6-15-5-2-3-7-17(15)27/h2-3,5,7,13-14H,4,6,8-12H2,1H3. The van der Waals surface area contributed by atoms with Crippen molar-refractivity contribution < 1.29 is 4.79 Å². The number of aromatic nitrogens is 4. The van der Waals surface area contributed by atoms with Crippen LogP contribution in [0.1, 0.15) is 35.8 Å². The van der Waals surface area contributed by atoms with Gasteiger partial charge in [0.1, 0.15) is 11.2 Å². The number of rotatable bonds is 3. The van der Waals surface area contributed by atoms with Crippen molar-refractivity contribution in [2.75, 3.05) is 17.2 Å². The Bertz CT molecular complexity index is 1310. The number of nitrogens with zero attached hydrogens (tertiary/aromatic N) is 5. The Balaban J connectivity index is 1.28. The number of carbonyl (C=O) groups excluding carboxylic acids is 1. The predicted octanol–water partition coefficient (Wildman–Crippen LogP) is 4.54. The molecular formula is C23H23N5OS2. The van der Waals surface area contributed by atoms with Crippen molar-refractivity contribution in [2.24, 2.45) is 5.92 Å². The first-order valence-corrected chi connectivity index (χ1v) is 12.6. The minimum atomic E-state index is 0.116. The van der Waals surface area contributed by atoms with E-state index in [-0.39, 0.29) is 5.91 Å². The lowest BCUT2D eigenvalue weighted by atomic mass is 9.89. The Morgan fingerprint density at radius 2 is 2.16 bits per heavy atom. The molecule has 6 rings (SSSR count). The van der Waals surface area contributed by atoms with Gasteiger partial charge in [0.25, 0.3) is 0 Å². The maximum atomic E-state index is 13.0. The zero-order chi connectivity index (χ0) is 20.9. The molecule has 0 N–H and O–H groups in total. The third-order valence-corrected chi connectivity index (χ3v) is 8.50. The number of hydrogen-bond donors (Lipinski definition) is 0. The molecule has 8 heteroatoms. The Morgan fingerprint density at radius 1 is 1.26 bits per heavy atom. The molecule has 0 saturated heterocycles. The summed E-state index contributed by atoms with van der Waals surface area (Å²) in [7, 11) is 0. The average molecular weight is 450 g/mol. The fourth-order valence-corrected chi connectivity index (χ4v) is 6.94. The van der Waals surface area contributed by atoms with E-state index in [9.17, 15) is 4.79 Å². The summed E-state index contributed by atoms with van der Waals surface area (Å²) in [5.41, 5.74) is 4.58. The molecule has 4 aromatic rings. The molecule has 1 unspecified atom stereocenters. The van der Waals surface area contributed by atoms with Gasteiger partial charge in [-0.1, -0.05) is 36.9 Å². The summed E-state index contributed by atoms with van der Waals surface area (Å²) in [5.74, 6) is 1.18. The molecule has 1 aliphatic heterocycles. The molecule has 0 saturated carbocycles. The van der Waals surface area contributed by atoms with Crippen molar-refractivity contribution in [1.82, 2.24) is 19.6 Å². The second-order valence-corrected chi connectivity index (χ2v) is 10.5. The smallest absolute Gasteiger partial charge is 0.237 e. The van der Waals surface area contributed by atoms with Crippen LogP contribution in [0.5, 0.6) is 0 Å². The number of para-hydroxylation sites is 1. The molecule has 1 atom stereocenters. The van der Waals surface area contributed by atoms with E-state index in [1.807, 2.05) is 33.8 Å². The lowest BCUT2D eigenvalue weighted by Crippen LogP contribution is -2.36. The predicted molar refractivity (Wildman–Crippen MR) is 125 cm³/mol. The maximum Gasteiger partial charge on any atom is 0.237 e. The monoisotopic (exact) mass is 449 g/mol.